The first-order valence-electron chi connectivity index (χ1n) is 10.2. The number of hydrogen-bond donors (Lipinski definition) is 0. The van der Waals surface area contributed by atoms with E-state index in [9.17, 15) is 13.2 Å². The zero-order valence-electron chi connectivity index (χ0n) is 16.3. The van der Waals surface area contributed by atoms with Crippen molar-refractivity contribution in [3.8, 4) is 5.69 Å². The molecule has 0 N–H and O–H groups in total. The van der Waals surface area contributed by atoms with Crippen LogP contribution in [0.4, 0.5) is 0 Å². The monoisotopic (exact) mass is 401 g/mol. The molecule has 0 spiro atoms. The Labute approximate surface area is 166 Å². The molecule has 150 valence electrons. The highest BCUT2D eigenvalue weighted by molar-refractivity contribution is 7.91. The lowest BCUT2D eigenvalue weighted by molar-refractivity contribution is 0.0700. The zero-order chi connectivity index (χ0) is 19.7. The molecule has 0 saturated carbocycles. The Morgan fingerprint density at radius 1 is 1.18 bits per heavy atom. The van der Waals surface area contributed by atoms with Crippen LogP contribution in [0.15, 0.2) is 30.3 Å². The summed E-state index contributed by atoms with van der Waals surface area (Å²) in [6, 6.07) is 9.69. The van der Waals surface area contributed by atoms with Crippen LogP contribution in [0.5, 0.6) is 0 Å². The van der Waals surface area contributed by atoms with E-state index < -0.39 is 9.84 Å². The fraction of sp³-hybridized carbons (Fsp3) is 0.524. The molecule has 1 aliphatic heterocycles. The van der Waals surface area contributed by atoms with Crippen LogP contribution in [0.3, 0.4) is 0 Å². The summed E-state index contributed by atoms with van der Waals surface area (Å²) in [7, 11) is -3.05. The predicted octanol–water partition coefficient (Wildman–Crippen LogP) is 2.79. The smallest absolute Gasteiger partial charge is 0.274 e. The number of aromatic nitrogens is 2. The molecule has 28 heavy (non-hydrogen) atoms. The average Bonchev–Trinajstić information content (AvgIpc) is 3.13. The van der Waals surface area contributed by atoms with Crippen LogP contribution in [0.2, 0.25) is 0 Å². The van der Waals surface area contributed by atoms with Gasteiger partial charge in [0.05, 0.1) is 17.2 Å². The van der Waals surface area contributed by atoms with E-state index in [2.05, 4.69) is 0 Å². The zero-order valence-corrected chi connectivity index (χ0v) is 17.1. The number of para-hydroxylation sites is 1. The highest BCUT2D eigenvalue weighted by Crippen LogP contribution is 2.28. The van der Waals surface area contributed by atoms with Crippen molar-refractivity contribution >= 4 is 15.7 Å². The third-order valence-corrected chi connectivity index (χ3v) is 7.63. The van der Waals surface area contributed by atoms with Crippen LogP contribution >= 0.6 is 0 Å². The molecule has 1 amide bonds. The maximum absolute atomic E-state index is 13.5. The van der Waals surface area contributed by atoms with Gasteiger partial charge in [0.2, 0.25) is 0 Å². The summed E-state index contributed by atoms with van der Waals surface area (Å²) in [4.78, 5) is 15.2. The molecule has 2 aromatic rings. The van der Waals surface area contributed by atoms with Crippen molar-refractivity contribution < 1.29 is 13.2 Å². The molecule has 1 saturated heterocycles. The third kappa shape index (κ3) is 3.60. The molecule has 6 nitrogen and oxygen atoms in total. The maximum Gasteiger partial charge on any atom is 0.274 e. The van der Waals surface area contributed by atoms with Crippen molar-refractivity contribution in [1.82, 2.24) is 14.7 Å². The Morgan fingerprint density at radius 3 is 2.61 bits per heavy atom. The van der Waals surface area contributed by atoms with Crippen LogP contribution in [0, 0.1) is 0 Å². The van der Waals surface area contributed by atoms with Crippen LogP contribution in [0.1, 0.15) is 54.4 Å². The number of benzene rings is 1. The minimum atomic E-state index is -3.05. The second-order valence-corrected chi connectivity index (χ2v) is 9.96. The molecule has 2 aliphatic rings. The largest absolute Gasteiger partial charge is 0.333 e. The summed E-state index contributed by atoms with van der Waals surface area (Å²) < 4.78 is 25.8. The van der Waals surface area contributed by atoms with Crippen LogP contribution in [-0.4, -0.2) is 53.1 Å². The molecule has 0 bridgehead atoms. The van der Waals surface area contributed by atoms with Gasteiger partial charge in [0.1, 0.15) is 0 Å². The van der Waals surface area contributed by atoms with Crippen molar-refractivity contribution in [2.75, 3.05) is 18.1 Å². The fourth-order valence-corrected chi connectivity index (χ4v) is 6.19. The number of carbonyl (C=O) groups excluding carboxylic acids is 1. The highest BCUT2D eigenvalue weighted by atomic mass is 32.2. The van der Waals surface area contributed by atoms with E-state index in [1.807, 2.05) is 41.9 Å². The molecule has 1 aromatic carbocycles. The number of amides is 1. The van der Waals surface area contributed by atoms with E-state index >= 15 is 0 Å². The summed E-state index contributed by atoms with van der Waals surface area (Å²) in [6.07, 6.45) is 5.58. The predicted molar refractivity (Wildman–Crippen MR) is 109 cm³/mol. The van der Waals surface area contributed by atoms with E-state index in [0.717, 1.165) is 49.0 Å². The number of carbonyl (C=O) groups is 1. The van der Waals surface area contributed by atoms with Gasteiger partial charge in [0, 0.05) is 23.8 Å². The maximum atomic E-state index is 13.5. The number of sulfone groups is 1. The van der Waals surface area contributed by atoms with Crippen LogP contribution in [0.25, 0.3) is 5.69 Å². The van der Waals surface area contributed by atoms with Gasteiger partial charge in [-0.3, -0.25) is 4.79 Å². The lowest BCUT2D eigenvalue weighted by Gasteiger charge is -2.26. The lowest BCUT2D eigenvalue weighted by Crippen LogP contribution is -2.41. The minimum absolute atomic E-state index is 0.0637. The Balaban J connectivity index is 1.74. The quantitative estimate of drug-likeness (QED) is 0.739. The Hall–Kier alpha value is -2.15. The molecule has 1 fully saturated rings. The molecule has 1 atom stereocenters. The summed E-state index contributed by atoms with van der Waals surface area (Å²) >= 11 is 0. The van der Waals surface area contributed by atoms with E-state index in [4.69, 9.17) is 5.10 Å². The van der Waals surface area contributed by atoms with Crippen molar-refractivity contribution in [2.24, 2.45) is 0 Å². The highest BCUT2D eigenvalue weighted by Gasteiger charge is 2.36. The van der Waals surface area contributed by atoms with Gasteiger partial charge >= 0.3 is 0 Å². The number of hydrogen-bond acceptors (Lipinski definition) is 4. The van der Waals surface area contributed by atoms with Gasteiger partial charge in [-0.2, -0.15) is 5.10 Å². The van der Waals surface area contributed by atoms with Gasteiger partial charge in [-0.05, 0) is 51.2 Å². The van der Waals surface area contributed by atoms with Crippen LogP contribution in [-0.2, 0) is 22.7 Å². The van der Waals surface area contributed by atoms with Gasteiger partial charge in [0.25, 0.3) is 5.91 Å². The van der Waals surface area contributed by atoms with E-state index in [-0.39, 0.29) is 23.5 Å². The van der Waals surface area contributed by atoms with Gasteiger partial charge in [-0.1, -0.05) is 24.6 Å². The minimum Gasteiger partial charge on any atom is -0.333 e. The molecule has 1 aromatic heterocycles. The molecular formula is C21H27N3O3S. The molecule has 2 heterocycles. The Morgan fingerprint density at radius 2 is 1.93 bits per heavy atom. The summed E-state index contributed by atoms with van der Waals surface area (Å²) in [5.74, 6) is 0.101. The summed E-state index contributed by atoms with van der Waals surface area (Å²) in [5, 5.41) is 4.76. The summed E-state index contributed by atoms with van der Waals surface area (Å²) in [5.41, 5.74) is 3.64. The lowest BCUT2D eigenvalue weighted by atomic mass is 10.1. The van der Waals surface area contributed by atoms with Gasteiger partial charge in [-0.15, -0.1) is 0 Å². The first-order chi connectivity index (χ1) is 13.5. The van der Waals surface area contributed by atoms with Crippen molar-refractivity contribution in [3.63, 3.8) is 0 Å². The van der Waals surface area contributed by atoms with E-state index in [1.165, 1.54) is 0 Å². The molecular weight excluding hydrogens is 374 g/mol. The topological polar surface area (TPSA) is 72.3 Å². The normalized spacial score (nSPS) is 21.1. The van der Waals surface area contributed by atoms with Crippen molar-refractivity contribution in [1.29, 1.82) is 0 Å². The number of nitrogens with zero attached hydrogens (tertiary/aromatic N) is 3. The van der Waals surface area contributed by atoms with Crippen molar-refractivity contribution in [3.05, 3.63) is 47.3 Å². The molecule has 7 heteroatoms. The van der Waals surface area contributed by atoms with Gasteiger partial charge in [0.15, 0.2) is 15.5 Å². The van der Waals surface area contributed by atoms with E-state index in [0.29, 0.717) is 18.7 Å². The second-order valence-electron chi connectivity index (χ2n) is 7.73. The Kier molecular flexibility index (Phi) is 5.27. The fourth-order valence-electron chi connectivity index (χ4n) is 4.46. The van der Waals surface area contributed by atoms with E-state index in [1.54, 1.807) is 4.90 Å². The standard InChI is InChI=1S/C21H27N3O3S/c1-2-23(17-13-14-28(26,27)15-17)21(25)20-18-11-7-4-8-12-19(18)24(22-20)16-9-5-3-6-10-16/h3,5-6,9-10,17H,2,4,7-8,11-15H2,1H3/t17-/m0/s1. The average molecular weight is 402 g/mol. The van der Waals surface area contributed by atoms with Gasteiger partial charge in [-0.25, -0.2) is 13.1 Å². The Bertz CT molecular complexity index is 966. The van der Waals surface area contributed by atoms with Crippen LogP contribution < -0.4 is 0 Å². The number of fused-ring (bicyclic) bond motifs is 1. The van der Waals surface area contributed by atoms with Gasteiger partial charge < -0.3 is 4.90 Å². The number of rotatable bonds is 4. The SMILES string of the molecule is CCN(C(=O)c1nn(-c2ccccc2)c2c1CCCCC2)[C@H]1CCS(=O)(=O)C1. The summed E-state index contributed by atoms with van der Waals surface area (Å²) in [6.45, 7) is 2.40. The molecule has 0 unspecified atom stereocenters. The molecule has 4 rings (SSSR count). The van der Waals surface area contributed by atoms with Crippen molar-refractivity contribution in [2.45, 2.75) is 51.5 Å². The second kappa shape index (κ2) is 7.70. The molecule has 1 aliphatic carbocycles. The molecule has 0 radical (unpaired) electrons. The third-order valence-electron chi connectivity index (χ3n) is 5.88. The first kappa shape index (κ1) is 19.2. The first-order valence-corrected chi connectivity index (χ1v) is 12.0.